The van der Waals surface area contributed by atoms with Gasteiger partial charge in [0, 0.05) is 28.8 Å². The monoisotopic (exact) mass is 413 g/mol. The number of fused-ring (bicyclic) bond motifs is 1. The number of nitrogens with zero attached hydrogens (tertiary/aromatic N) is 4. The second-order valence-electron chi connectivity index (χ2n) is 9.58. The molecule has 31 heavy (non-hydrogen) atoms. The number of rotatable bonds is 3. The van der Waals surface area contributed by atoms with Crippen LogP contribution in [0.5, 0.6) is 0 Å². The van der Waals surface area contributed by atoms with E-state index in [-0.39, 0.29) is 17.4 Å². The van der Waals surface area contributed by atoms with Gasteiger partial charge in [0.15, 0.2) is 11.9 Å². The van der Waals surface area contributed by atoms with E-state index in [0.717, 1.165) is 52.1 Å². The van der Waals surface area contributed by atoms with Crippen molar-refractivity contribution in [2.24, 2.45) is 15.6 Å². The summed E-state index contributed by atoms with van der Waals surface area (Å²) in [5.41, 5.74) is 6.44. The number of allylic oxidation sites excluding steroid dienone is 2. The first-order valence-electron chi connectivity index (χ1n) is 10.9. The highest BCUT2D eigenvalue weighted by atomic mass is 16.1. The number of hydrogen-bond donors (Lipinski definition) is 1. The molecule has 2 aromatic rings. The second-order valence-corrected chi connectivity index (χ2v) is 9.58. The lowest BCUT2D eigenvalue weighted by atomic mass is 9.58. The summed E-state index contributed by atoms with van der Waals surface area (Å²) in [7, 11) is 0. The van der Waals surface area contributed by atoms with Crippen LogP contribution in [-0.4, -0.2) is 22.1 Å². The largest absolute Gasteiger partial charge is 0.362 e. The van der Waals surface area contributed by atoms with E-state index in [0.29, 0.717) is 6.42 Å². The second kappa shape index (κ2) is 6.94. The maximum Gasteiger partial charge on any atom is 0.164 e. The van der Waals surface area contributed by atoms with Crippen molar-refractivity contribution in [3.63, 3.8) is 0 Å². The van der Waals surface area contributed by atoms with Gasteiger partial charge >= 0.3 is 0 Å². The van der Waals surface area contributed by atoms with Gasteiger partial charge < -0.3 is 5.32 Å². The van der Waals surface area contributed by atoms with Gasteiger partial charge in [0.2, 0.25) is 0 Å². The smallest absolute Gasteiger partial charge is 0.164 e. The first-order valence-corrected chi connectivity index (χ1v) is 10.9. The molecule has 1 aliphatic carbocycles. The number of aromatic nitrogens is 2. The molecule has 6 heteroatoms. The maximum absolute atomic E-state index is 13.6. The molecule has 1 N–H and O–H groups in total. The molecule has 0 bridgehead atoms. The van der Waals surface area contributed by atoms with Crippen LogP contribution in [0.1, 0.15) is 51.3 Å². The maximum atomic E-state index is 13.6. The molecule has 5 rings (SSSR count). The molecule has 2 atom stereocenters. The van der Waals surface area contributed by atoms with E-state index >= 15 is 0 Å². The quantitative estimate of drug-likeness (QED) is 0.766. The van der Waals surface area contributed by atoms with E-state index < -0.39 is 5.41 Å². The fourth-order valence-corrected chi connectivity index (χ4v) is 5.49. The summed E-state index contributed by atoms with van der Waals surface area (Å²) in [5, 5.41) is 20.4. The Kier molecular flexibility index (Phi) is 4.43. The first kappa shape index (κ1) is 19.8. The molecule has 6 nitrogen and oxygen atoms in total. The highest BCUT2D eigenvalue weighted by Gasteiger charge is 2.52. The Morgan fingerprint density at radius 3 is 2.77 bits per heavy atom. The Balaban J connectivity index is 1.73. The highest BCUT2D eigenvalue weighted by Crippen LogP contribution is 2.53. The summed E-state index contributed by atoms with van der Waals surface area (Å²) in [6, 6.07) is 10.5. The Labute approximate surface area is 182 Å². The summed E-state index contributed by atoms with van der Waals surface area (Å²) >= 11 is 0. The van der Waals surface area contributed by atoms with Gasteiger partial charge in [-0.2, -0.15) is 20.4 Å². The summed E-state index contributed by atoms with van der Waals surface area (Å²) in [6.45, 7) is 8.41. The Bertz CT molecular complexity index is 1180. The molecule has 0 radical (unpaired) electrons. The van der Waals surface area contributed by atoms with Gasteiger partial charge in [0.05, 0.1) is 23.5 Å². The lowest BCUT2D eigenvalue weighted by Crippen LogP contribution is -2.51. The number of Topliss-reactive ketones (excluding diaryl/α,β-unsaturated/α-hetero) is 1. The molecule has 1 aromatic heterocycles. The predicted octanol–water partition coefficient (Wildman–Crippen LogP) is 5.02. The predicted molar refractivity (Wildman–Crippen MR) is 119 cm³/mol. The average Bonchev–Trinajstić information content (AvgIpc) is 3.20. The van der Waals surface area contributed by atoms with Gasteiger partial charge in [-0.3, -0.25) is 4.79 Å². The standard InChI is InChI=1S/C25H27N5O/c1-5-25(18-8-6-7-16(10-18)17-9-15(2)29-26-13-17)19-14-27-30-23(19)28-20-11-24(3,4)12-21(31)22(20)25/h6-10,13-14,23,28H,5,11-12H2,1-4H3. The van der Waals surface area contributed by atoms with Crippen LogP contribution in [0.3, 0.4) is 0 Å². The molecule has 1 aromatic carbocycles. The first-order chi connectivity index (χ1) is 14.8. The van der Waals surface area contributed by atoms with Gasteiger partial charge in [-0.15, -0.1) is 0 Å². The number of carbonyl (C=O) groups is 1. The number of benzene rings is 1. The molecule has 0 amide bonds. The number of aryl methyl sites for hydroxylation is 1. The number of azo groups is 1. The van der Waals surface area contributed by atoms with Crippen molar-refractivity contribution in [3.05, 3.63) is 70.8 Å². The van der Waals surface area contributed by atoms with Crippen LogP contribution in [-0.2, 0) is 10.2 Å². The summed E-state index contributed by atoms with van der Waals surface area (Å²) < 4.78 is 0. The van der Waals surface area contributed by atoms with Crippen LogP contribution in [0.15, 0.2) is 69.8 Å². The van der Waals surface area contributed by atoms with Crippen LogP contribution < -0.4 is 5.32 Å². The lowest BCUT2D eigenvalue weighted by Gasteiger charge is -2.47. The fourth-order valence-electron chi connectivity index (χ4n) is 5.49. The minimum atomic E-state index is -0.534. The van der Waals surface area contributed by atoms with Gasteiger partial charge in [-0.1, -0.05) is 39.0 Å². The third-order valence-corrected chi connectivity index (χ3v) is 6.77. The van der Waals surface area contributed by atoms with Crippen LogP contribution in [0.25, 0.3) is 11.1 Å². The van der Waals surface area contributed by atoms with Crippen LogP contribution >= 0.6 is 0 Å². The average molecular weight is 414 g/mol. The van der Waals surface area contributed by atoms with E-state index in [2.05, 4.69) is 70.8 Å². The minimum Gasteiger partial charge on any atom is -0.362 e. The van der Waals surface area contributed by atoms with Crippen molar-refractivity contribution in [1.29, 1.82) is 0 Å². The molecule has 0 spiro atoms. The molecule has 3 aliphatic rings. The SMILES string of the molecule is CCC1(c2cccc(-c3cnnc(C)c3)c2)C2=CN=NC2NC2=C1C(=O)CC(C)(C)C2. The number of hydrogen-bond acceptors (Lipinski definition) is 6. The molecule has 0 saturated carbocycles. The number of nitrogens with one attached hydrogen (secondary N) is 1. The summed E-state index contributed by atoms with van der Waals surface area (Å²) in [6.07, 6.45) is 5.58. The zero-order valence-corrected chi connectivity index (χ0v) is 18.4. The van der Waals surface area contributed by atoms with E-state index in [9.17, 15) is 4.79 Å². The van der Waals surface area contributed by atoms with Crippen molar-refractivity contribution in [2.75, 3.05) is 0 Å². The third kappa shape index (κ3) is 3.04. The molecule has 158 valence electrons. The fraction of sp³-hybridized carbons (Fsp3) is 0.400. The molecule has 0 saturated heterocycles. The van der Waals surface area contributed by atoms with Crippen LogP contribution in [0.2, 0.25) is 0 Å². The number of carbonyl (C=O) groups excluding carboxylic acids is 1. The van der Waals surface area contributed by atoms with E-state index in [1.54, 1.807) is 6.20 Å². The zero-order chi connectivity index (χ0) is 21.8. The van der Waals surface area contributed by atoms with Gasteiger partial charge in [-0.05, 0) is 48.4 Å². The third-order valence-electron chi connectivity index (χ3n) is 6.77. The Morgan fingerprint density at radius 2 is 2.00 bits per heavy atom. The summed E-state index contributed by atoms with van der Waals surface area (Å²) in [5.74, 6) is 0.221. The molecule has 3 heterocycles. The molecule has 0 fully saturated rings. The summed E-state index contributed by atoms with van der Waals surface area (Å²) in [4.78, 5) is 13.6. The van der Waals surface area contributed by atoms with E-state index in [1.165, 1.54) is 0 Å². The normalized spacial score (nSPS) is 26.3. The van der Waals surface area contributed by atoms with Crippen molar-refractivity contribution >= 4 is 5.78 Å². The van der Waals surface area contributed by atoms with Crippen molar-refractivity contribution in [1.82, 2.24) is 15.5 Å². The van der Waals surface area contributed by atoms with Gasteiger partial charge in [0.1, 0.15) is 0 Å². The van der Waals surface area contributed by atoms with Crippen molar-refractivity contribution in [3.8, 4) is 11.1 Å². The molecule has 2 aliphatic heterocycles. The Morgan fingerprint density at radius 1 is 1.16 bits per heavy atom. The molecule has 2 unspecified atom stereocenters. The minimum absolute atomic E-state index is 0.0680. The van der Waals surface area contributed by atoms with E-state index in [4.69, 9.17) is 0 Å². The molecular weight excluding hydrogens is 386 g/mol. The number of ketones is 1. The van der Waals surface area contributed by atoms with Crippen LogP contribution in [0.4, 0.5) is 0 Å². The van der Waals surface area contributed by atoms with Gasteiger partial charge in [0.25, 0.3) is 0 Å². The van der Waals surface area contributed by atoms with Gasteiger partial charge in [-0.25, -0.2) is 0 Å². The Hall–Kier alpha value is -3.15. The van der Waals surface area contributed by atoms with Crippen molar-refractivity contribution in [2.45, 2.75) is 58.5 Å². The van der Waals surface area contributed by atoms with Crippen LogP contribution in [0, 0.1) is 12.3 Å². The van der Waals surface area contributed by atoms with E-state index in [1.807, 2.05) is 19.2 Å². The zero-order valence-electron chi connectivity index (χ0n) is 18.4. The highest BCUT2D eigenvalue weighted by molar-refractivity contribution is 6.01. The molecular formula is C25H27N5O. The van der Waals surface area contributed by atoms with Crippen molar-refractivity contribution < 1.29 is 4.79 Å². The topological polar surface area (TPSA) is 79.6 Å². The lowest BCUT2D eigenvalue weighted by molar-refractivity contribution is -0.119.